The normalized spacial score (nSPS) is 17.0. The zero-order valence-electron chi connectivity index (χ0n) is 17.3. The second kappa shape index (κ2) is 8.16. The molecule has 3 aromatic rings. The van der Waals surface area contributed by atoms with Crippen LogP contribution in [0.15, 0.2) is 29.3 Å². The monoisotopic (exact) mass is 409 g/mol. The van der Waals surface area contributed by atoms with Gasteiger partial charge in [-0.1, -0.05) is 0 Å². The number of anilines is 1. The van der Waals surface area contributed by atoms with Crippen molar-refractivity contribution in [1.82, 2.24) is 29.2 Å². The molecule has 1 aromatic carbocycles. The van der Waals surface area contributed by atoms with Gasteiger partial charge in [0.2, 0.25) is 0 Å². The molecule has 2 aromatic heterocycles. The number of piperazine rings is 1. The second-order valence-corrected chi connectivity index (χ2v) is 7.99. The molecule has 5 rings (SSSR count). The van der Waals surface area contributed by atoms with Crippen LogP contribution >= 0.6 is 0 Å². The van der Waals surface area contributed by atoms with Crippen molar-refractivity contribution in [2.75, 3.05) is 44.8 Å². The lowest BCUT2D eigenvalue weighted by molar-refractivity contribution is 0.186. The minimum Gasteiger partial charge on any atom is -0.383 e. The van der Waals surface area contributed by atoms with Gasteiger partial charge in [-0.2, -0.15) is 0 Å². The van der Waals surface area contributed by atoms with E-state index >= 15 is 0 Å². The van der Waals surface area contributed by atoms with Crippen LogP contribution in [0.1, 0.15) is 18.1 Å². The molecule has 0 spiro atoms. The second-order valence-electron chi connectivity index (χ2n) is 7.99. The lowest BCUT2D eigenvalue weighted by atomic mass is 10.2. The van der Waals surface area contributed by atoms with Gasteiger partial charge in [-0.15, -0.1) is 10.2 Å². The Bertz CT molecular complexity index is 1100. The van der Waals surface area contributed by atoms with E-state index in [2.05, 4.69) is 29.5 Å². The van der Waals surface area contributed by atoms with Crippen molar-refractivity contribution in [1.29, 1.82) is 0 Å². The summed E-state index contributed by atoms with van der Waals surface area (Å²) in [7, 11) is 1.63. The van der Waals surface area contributed by atoms with Crippen LogP contribution in [0.4, 0.5) is 5.69 Å². The highest BCUT2D eigenvalue weighted by Gasteiger charge is 2.22. The first kappa shape index (κ1) is 19.2. The first-order valence-corrected chi connectivity index (χ1v) is 10.6. The van der Waals surface area contributed by atoms with Gasteiger partial charge in [0, 0.05) is 51.9 Å². The van der Waals surface area contributed by atoms with Crippen molar-refractivity contribution in [2.45, 2.75) is 32.5 Å². The van der Waals surface area contributed by atoms with Gasteiger partial charge >= 0.3 is 0 Å². The first-order valence-electron chi connectivity index (χ1n) is 10.6. The third-order valence-electron chi connectivity index (χ3n) is 6.13. The van der Waals surface area contributed by atoms with Crippen LogP contribution in [-0.2, 0) is 30.8 Å². The van der Waals surface area contributed by atoms with Crippen LogP contribution in [0.5, 0.6) is 0 Å². The highest BCUT2D eigenvalue weighted by molar-refractivity contribution is 5.81. The molecule has 0 bridgehead atoms. The molecular formula is C21H27N7O2. The Morgan fingerprint density at radius 3 is 2.80 bits per heavy atom. The molecule has 4 heterocycles. The summed E-state index contributed by atoms with van der Waals surface area (Å²) < 4.78 is 8.95. The number of rotatable bonds is 6. The maximum Gasteiger partial charge on any atom is 0.261 e. The summed E-state index contributed by atoms with van der Waals surface area (Å²) in [6, 6.07) is 5.96. The Balaban J connectivity index is 1.26. The summed E-state index contributed by atoms with van der Waals surface area (Å²) in [5.41, 5.74) is 1.84. The van der Waals surface area contributed by atoms with Crippen molar-refractivity contribution in [3.05, 3.63) is 46.5 Å². The summed E-state index contributed by atoms with van der Waals surface area (Å²) in [5, 5.41) is 9.35. The number of aromatic nitrogens is 5. The smallest absolute Gasteiger partial charge is 0.261 e. The number of benzene rings is 1. The third kappa shape index (κ3) is 3.59. The molecule has 2 aliphatic rings. The summed E-state index contributed by atoms with van der Waals surface area (Å²) in [4.78, 5) is 21.9. The molecule has 30 heavy (non-hydrogen) atoms. The number of nitrogens with zero attached hydrogens (tertiary/aromatic N) is 7. The summed E-state index contributed by atoms with van der Waals surface area (Å²) in [6.45, 7) is 6.76. The van der Waals surface area contributed by atoms with E-state index in [0.29, 0.717) is 18.5 Å². The number of hydrogen-bond acceptors (Lipinski definition) is 7. The number of hydrogen-bond donors (Lipinski definition) is 0. The Morgan fingerprint density at radius 1 is 1.10 bits per heavy atom. The van der Waals surface area contributed by atoms with Crippen molar-refractivity contribution in [3.63, 3.8) is 0 Å². The molecular weight excluding hydrogens is 382 g/mol. The summed E-state index contributed by atoms with van der Waals surface area (Å²) in [6.07, 6.45) is 3.84. The van der Waals surface area contributed by atoms with Gasteiger partial charge in [0.25, 0.3) is 5.56 Å². The number of methoxy groups -OCH3 is 1. The molecule has 1 fully saturated rings. The predicted octanol–water partition coefficient (Wildman–Crippen LogP) is 0.903. The average molecular weight is 409 g/mol. The topological polar surface area (TPSA) is 81.3 Å². The van der Waals surface area contributed by atoms with Gasteiger partial charge < -0.3 is 14.2 Å². The average Bonchev–Trinajstić information content (AvgIpc) is 3.39. The van der Waals surface area contributed by atoms with E-state index in [-0.39, 0.29) is 5.56 Å². The molecule has 1 saturated heterocycles. The minimum atomic E-state index is -0.0192. The van der Waals surface area contributed by atoms with Crippen LogP contribution in [0.3, 0.4) is 0 Å². The van der Waals surface area contributed by atoms with Crippen LogP contribution in [-0.4, -0.2) is 69.1 Å². The SMILES string of the molecule is COCCn1cnc2cc(N3CCN(Cc4nnc5n4CCC5)CC3)ccc2c1=O. The molecule has 0 unspecified atom stereocenters. The van der Waals surface area contributed by atoms with Gasteiger partial charge in [-0.25, -0.2) is 4.98 Å². The van der Waals surface area contributed by atoms with Crippen LogP contribution in [0.25, 0.3) is 10.9 Å². The van der Waals surface area contributed by atoms with Gasteiger partial charge in [-0.3, -0.25) is 14.3 Å². The van der Waals surface area contributed by atoms with Crippen molar-refractivity contribution in [2.24, 2.45) is 0 Å². The fourth-order valence-electron chi connectivity index (χ4n) is 4.38. The predicted molar refractivity (Wildman–Crippen MR) is 114 cm³/mol. The molecule has 9 nitrogen and oxygen atoms in total. The van der Waals surface area contributed by atoms with Gasteiger partial charge in [0.05, 0.1) is 36.9 Å². The highest BCUT2D eigenvalue weighted by atomic mass is 16.5. The van der Waals surface area contributed by atoms with E-state index in [1.165, 1.54) is 6.42 Å². The lowest BCUT2D eigenvalue weighted by Gasteiger charge is -2.35. The van der Waals surface area contributed by atoms with Crippen molar-refractivity contribution < 1.29 is 4.74 Å². The summed E-state index contributed by atoms with van der Waals surface area (Å²) in [5.74, 6) is 2.23. The zero-order chi connectivity index (χ0) is 20.5. The highest BCUT2D eigenvalue weighted by Crippen LogP contribution is 2.21. The lowest BCUT2D eigenvalue weighted by Crippen LogP contribution is -2.46. The largest absolute Gasteiger partial charge is 0.383 e. The molecule has 0 aliphatic carbocycles. The minimum absolute atomic E-state index is 0.0192. The molecule has 0 atom stereocenters. The Morgan fingerprint density at radius 2 is 1.97 bits per heavy atom. The van der Waals surface area contributed by atoms with Gasteiger partial charge in [0.15, 0.2) is 0 Å². The quantitative estimate of drug-likeness (QED) is 0.598. The van der Waals surface area contributed by atoms with Gasteiger partial charge in [-0.05, 0) is 24.6 Å². The summed E-state index contributed by atoms with van der Waals surface area (Å²) >= 11 is 0. The van der Waals surface area contributed by atoms with Crippen LogP contribution in [0.2, 0.25) is 0 Å². The first-order chi connectivity index (χ1) is 14.7. The Hall–Kier alpha value is -2.78. The fourth-order valence-corrected chi connectivity index (χ4v) is 4.38. The van der Waals surface area contributed by atoms with Crippen LogP contribution < -0.4 is 10.5 Å². The molecule has 0 amide bonds. The van der Waals surface area contributed by atoms with Gasteiger partial charge in [0.1, 0.15) is 11.6 Å². The van der Waals surface area contributed by atoms with E-state index in [0.717, 1.165) is 68.5 Å². The standard InChI is InChI=1S/C21H27N7O2/c1-30-12-11-27-15-22-18-13-16(4-5-17(18)21(27)29)26-9-7-25(8-10-26)14-20-24-23-19-3-2-6-28(19)20/h4-5,13,15H,2-3,6-12,14H2,1H3. The van der Waals surface area contributed by atoms with E-state index in [9.17, 15) is 4.79 Å². The van der Waals surface area contributed by atoms with Crippen molar-refractivity contribution in [3.8, 4) is 0 Å². The van der Waals surface area contributed by atoms with E-state index < -0.39 is 0 Å². The molecule has 0 radical (unpaired) electrons. The Kier molecular flexibility index (Phi) is 5.22. The Labute approximate surface area is 174 Å². The zero-order valence-corrected chi connectivity index (χ0v) is 17.3. The van der Waals surface area contributed by atoms with E-state index in [1.54, 1.807) is 18.0 Å². The molecule has 9 heteroatoms. The maximum atomic E-state index is 12.6. The van der Waals surface area contributed by atoms with E-state index in [4.69, 9.17) is 4.74 Å². The number of aryl methyl sites for hydroxylation is 1. The fraction of sp³-hybridized carbons (Fsp3) is 0.524. The van der Waals surface area contributed by atoms with Crippen LogP contribution in [0, 0.1) is 0 Å². The van der Waals surface area contributed by atoms with Crippen molar-refractivity contribution >= 4 is 16.6 Å². The maximum absolute atomic E-state index is 12.6. The molecule has 0 saturated carbocycles. The molecule has 158 valence electrons. The van der Waals surface area contributed by atoms with E-state index in [1.807, 2.05) is 18.2 Å². The molecule has 2 aliphatic heterocycles. The number of fused-ring (bicyclic) bond motifs is 2. The number of ether oxygens (including phenoxy) is 1. The third-order valence-corrected chi connectivity index (χ3v) is 6.13. The molecule has 0 N–H and O–H groups in total.